The normalized spacial score (nSPS) is 12.5. The van der Waals surface area contributed by atoms with Crippen LogP contribution in [0.2, 0.25) is 0 Å². The van der Waals surface area contributed by atoms with E-state index >= 15 is 0 Å². The van der Waals surface area contributed by atoms with Crippen LogP contribution >= 0.6 is 0 Å². The molecule has 1 aromatic carbocycles. The summed E-state index contributed by atoms with van der Waals surface area (Å²) >= 11 is 0. The summed E-state index contributed by atoms with van der Waals surface area (Å²) in [4.78, 5) is 22.1. The Morgan fingerprint density at radius 3 is 2.15 bits per heavy atom. The molecule has 0 aliphatic carbocycles. The molecule has 0 aromatic heterocycles. The number of rotatable bonds is 6. The van der Waals surface area contributed by atoms with Gasteiger partial charge in [0.1, 0.15) is 6.10 Å². The molecule has 5 heteroatoms. The van der Waals surface area contributed by atoms with E-state index in [4.69, 9.17) is 4.74 Å². The van der Waals surface area contributed by atoms with Crippen molar-refractivity contribution in [3.63, 3.8) is 0 Å². The zero-order chi connectivity index (χ0) is 15.3. The highest BCUT2D eigenvalue weighted by molar-refractivity contribution is 5.89. The summed E-state index contributed by atoms with van der Waals surface area (Å²) in [6.07, 6.45) is 0.661. The zero-order valence-electron chi connectivity index (χ0n) is 12.3. The fourth-order valence-electron chi connectivity index (χ4n) is 1.85. The molecule has 110 valence electrons. The largest absolute Gasteiger partial charge is 0.459 e. The van der Waals surface area contributed by atoms with E-state index in [1.165, 1.54) is 24.3 Å². The molecule has 0 aliphatic rings. The molecule has 0 amide bonds. The molecule has 5 nitrogen and oxygen atoms in total. The number of nitrogens with zero attached hydrogens (tertiary/aromatic N) is 1. The number of nitro groups is 1. The van der Waals surface area contributed by atoms with Gasteiger partial charge in [-0.15, -0.1) is 0 Å². The van der Waals surface area contributed by atoms with E-state index in [1.807, 2.05) is 13.8 Å². The molecule has 0 saturated carbocycles. The van der Waals surface area contributed by atoms with Crippen molar-refractivity contribution >= 4 is 11.7 Å². The van der Waals surface area contributed by atoms with E-state index < -0.39 is 10.9 Å². The van der Waals surface area contributed by atoms with Crippen molar-refractivity contribution in [2.75, 3.05) is 0 Å². The maximum Gasteiger partial charge on any atom is 0.338 e. The quantitative estimate of drug-likeness (QED) is 0.451. The van der Waals surface area contributed by atoms with Gasteiger partial charge < -0.3 is 4.74 Å². The van der Waals surface area contributed by atoms with Gasteiger partial charge in [-0.25, -0.2) is 4.79 Å². The van der Waals surface area contributed by atoms with Crippen LogP contribution in [0.1, 0.15) is 44.5 Å². The summed E-state index contributed by atoms with van der Waals surface area (Å²) in [5, 5.41) is 10.6. The summed E-state index contributed by atoms with van der Waals surface area (Å²) in [7, 11) is 0. The van der Waals surface area contributed by atoms with Gasteiger partial charge in [-0.05, 0) is 30.4 Å². The summed E-state index contributed by atoms with van der Waals surface area (Å²) in [5.41, 5.74) is 0.300. The van der Waals surface area contributed by atoms with E-state index in [9.17, 15) is 14.9 Å². The van der Waals surface area contributed by atoms with Gasteiger partial charge in [0.15, 0.2) is 0 Å². The predicted octanol–water partition coefficient (Wildman–Crippen LogP) is 3.82. The molecule has 0 saturated heterocycles. The van der Waals surface area contributed by atoms with Crippen molar-refractivity contribution < 1.29 is 14.5 Å². The Kier molecular flexibility index (Phi) is 5.67. The molecule has 20 heavy (non-hydrogen) atoms. The van der Waals surface area contributed by atoms with E-state index in [1.54, 1.807) is 0 Å². The molecule has 0 fully saturated rings. The van der Waals surface area contributed by atoms with Crippen molar-refractivity contribution in [2.24, 2.45) is 11.8 Å². The van der Waals surface area contributed by atoms with E-state index in [0.717, 1.165) is 6.42 Å². The van der Waals surface area contributed by atoms with Gasteiger partial charge >= 0.3 is 5.97 Å². The fraction of sp³-hybridized carbons (Fsp3) is 0.533. The van der Waals surface area contributed by atoms with Crippen molar-refractivity contribution in [1.82, 2.24) is 0 Å². The molecule has 1 unspecified atom stereocenters. The predicted molar refractivity (Wildman–Crippen MR) is 76.6 cm³/mol. The van der Waals surface area contributed by atoms with Crippen molar-refractivity contribution in [1.29, 1.82) is 0 Å². The van der Waals surface area contributed by atoms with Crippen LogP contribution in [0.4, 0.5) is 5.69 Å². The SMILES string of the molecule is CC(C)CC(OC(=O)c1ccc([N+](=O)[O-])cc1)C(C)C. The van der Waals surface area contributed by atoms with E-state index in [0.29, 0.717) is 11.5 Å². The lowest BCUT2D eigenvalue weighted by Gasteiger charge is -2.23. The first-order chi connectivity index (χ1) is 9.31. The van der Waals surface area contributed by atoms with Crippen LogP contribution in [0.15, 0.2) is 24.3 Å². The zero-order valence-corrected chi connectivity index (χ0v) is 12.3. The highest BCUT2D eigenvalue weighted by Gasteiger charge is 2.21. The second kappa shape index (κ2) is 7.03. The van der Waals surface area contributed by atoms with Crippen LogP contribution in [0, 0.1) is 22.0 Å². The highest BCUT2D eigenvalue weighted by Crippen LogP contribution is 2.19. The third-order valence-corrected chi connectivity index (χ3v) is 3.02. The Morgan fingerprint density at radius 2 is 1.75 bits per heavy atom. The van der Waals surface area contributed by atoms with Crippen LogP contribution in [-0.2, 0) is 4.74 Å². The number of hydrogen-bond donors (Lipinski definition) is 0. The lowest BCUT2D eigenvalue weighted by atomic mass is 9.97. The monoisotopic (exact) mass is 279 g/mol. The number of carbonyl (C=O) groups excluding carboxylic acids is 1. The Hall–Kier alpha value is -1.91. The molecule has 0 aliphatic heterocycles. The van der Waals surface area contributed by atoms with Crippen LogP contribution < -0.4 is 0 Å². The molecule has 0 radical (unpaired) electrons. The van der Waals surface area contributed by atoms with Gasteiger partial charge in [0.2, 0.25) is 0 Å². The molecule has 1 rings (SSSR count). The topological polar surface area (TPSA) is 69.4 Å². The minimum atomic E-state index is -0.495. The summed E-state index contributed by atoms with van der Waals surface area (Å²) in [6, 6.07) is 5.47. The average Bonchev–Trinajstić information content (AvgIpc) is 2.37. The van der Waals surface area contributed by atoms with E-state index in [2.05, 4.69) is 13.8 Å². The van der Waals surface area contributed by atoms with Gasteiger partial charge in [-0.2, -0.15) is 0 Å². The Bertz CT molecular complexity index is 465. The summed E-state index contributed by atoms with van der Waals surface area (Å²) < 4.78 is 5.50. The smallest absolute Gasteiger partial charge is 0.338 e. The van der Waals surface area contributed by atoms with Crippen molar-refractivity contribution in [3.8, 4) is 0 Å². The first kappa shape index (κ1) is 16.1. The van der Waals surface area contributed by atoms with Crippen LogP contribution in [-0.4, -0.2) is 17.0 Å². The first-order valence-electron chi connectivity index (χ1n) is 6.76. The minimum Gasteiger partial charge on any atom is -0.459 e. The van der Waals surface area contributed by atoms with Gasteiger partial charge in [-0.1, -0.05) is 27.7 Å². The third kappa shape index (κ3) is 4.64. The Labute approximate surface area is 119 Å². The molecule has 0 heterocycles. The van der Waals surface area contributed by atoms with Crippen LogP contribution in [0.25, 0.3) is 0 Å². The fourth-order valence-corrected chi connectivity index (χ4v) is 1.85. The number of hydrogen-bond acceptors (Lipinski definition) is 4. The van der Waals surface area contributed by atoms with Gasteiger partial charge in [0.25, 0.3) is 5.69 Å². The number of non-ortho nitro benzene ring substituents is 1. The van der Waals surface area contributed by atoms with Crippen LogP contribution in [0.3, 0.4) is 0 Å². The van der Waals surface area contributed by atoms with Crippen LogP contribution in [0.5, 0.6) is 0 Å². The number of ether oxygens (including phenoxy) is 1. The maximum atomic E-state index is 12.0. The first-order valence-corrected chi connectivity index (χ1v) is 6.76. The lowest BCUT2D eigenvalue weighted by molar-refractivity contribution is -0.384. The Morgan fingerprint density at radius 1 is 1.20 bits per heavy atom. The Balaban J connectivity index is 2.75. The molecule has 0 spiro atoms. The second-order valence-electron chi connectivity index (χ2n) is 5.62. The molecule has 1 atom stereocenters. The third-order valence-electron chi connectivity index (χ3n) is 3.02. The van der Waals surface area contributed by atoms with Gasteiger partial charge in [-0.3, -0.25) is 10.1 Å². The van der Waals surface area contributed by atoms with E-state index in [-0.39, 0.29) is 17.7 Å². The number of benzene rings is 1. The number of esters is 1. The average molecular weight is 279 g/mol. The molecule has 1 aromatic rings. The highest BCUT2D eigenvalue weighted by atomic mass is 16.6. The van der Waals surface area contributed by atoms with Gasteiger partial charge in [0.05, 0.1) is 10.5 Å². The molecule has 0 N–H and O–H groups in total. The second-order valence-corrected chi connectivity index (χ2v) is 5.62. The summed E-state index contributed by atoms with van der Waals surface area (Å²) in [5.74, 6) is 0.241. The molecular formula is C15H21NO4. The summed E-state index contributed by atoms with van der Waals surface area (Å²) in [6.45, 7) is 8.18. The number of nitro benzene ring substituents is 1. The molecule has 0 bridgehead atoms. The maximum absolute atomic E-state index is 12.0. The van der Waals surface area contributed by atoms with Crippen molar-refractivity contribution in [3.05, 3.63) is 39.9 Å². The van der Waals surface area contributed by atoms with Crippen molar-refractivity contribution in [2.45, 2.75) is 40.2 Å². The number of carbonyl (C=O) groups is 1. The minimum absolute atomic E-state index is 0.0378. The van der Waals surface area contributed by atoms with Gasteiger partial charge in [0, 0.05) is 12.1 Å². The standard InChI is InChI=1S/C15H21NO4/c1-10(2)9-14(11(3)4)20-15(17)12-5-7-13(8-6-12)16(18)19/h5-8,10-11,14H,9H2,1-4H3. The molecular weight excluding hydrogens is 258 g/mol. The lowest BCUT2D eigenvalue weighted by Crippen LogP contribution is -2.25.